The third-order valence-corrected chi connectivity index (χ3v) is 7.50. The summed E-state index contributed by atoms with van der Waals surface area (Å²) in [5, 5.41) is 3.41. The van der Waals surface area contributed by atoms with Crippen LogP contribution in [0, 0.1) is 0 Å². The minimum atomic E-state index is -3.58. The van der Waals surface area contributed by atoms with E-state index in [0.29, 0.717) is 27.5 Å². The molecule has 1 saturated heterocycles. The molecule has 0 aliphatic carbocycles. The van der Waals surface area contributed by atoms with Crippen LogP contribution < -0.4 is 9.62 Å². The third kappa shape index (κ3) is 6.25. The van der Waals surface area contributed by atoms with Crippen molar-refractivity contribution in [2.24, 2.45) is 0 Å². The normalized spacial score (nSPS) is 13.8. The van der Waals surface area contributed by atoms with E-state index in [2.05, 4.69) is 5.32 Å². The van der Waals surface area contributed by atoms with E-state index in [1.807, 2.05) is 4.90 Å². The number of carbonyl (C=O) groups is 2. The van der Waals surface area contributed by atoms with Gasteiger partial charge in [0.2, 0.25) is 10.0 Å². The number of likely N-dealkylation sites (tertiary alicyclic amines) is 1. The molecule has 3 aromatic rings. The fraction of sp³-hybridized carbons (Fsp3) is 0.259. The molecule has 3 aromatic carbocycles. The number of nitrogens with one attached hydrogen (secondary N) is 1. The van der Waals surface area contributed by atoms with E-state index in [1.165, 1.54) is 4.31 Å². The Morgan fingerprint density at radius 1 is 0.917 bits per heavy atom. The Bertz CT molecular complexity index is 1340. The van der Waals surface area contributed by atoms with Gasteiger partial charge in [-0.1, -0.05) is 35.9 Å². The van der Waals surface area contributed by atoms with E-state index in [4.69, 9.17) is 11.6 Å². The zero-order valence-corrected chi connectivity index (χ0v) is 21.6. The van der Waals surface area contributed by atoms with Gasteiger partial charge in [-0.05, 0) is 73.4 Å². The summed E-state index contributed by atoms with van der Waals surface area (Å²) in [5.74, 6) is -0.476. The highest BCUT2D eigenvalue weighted by molar-refractivity contribution is 7.92. The molecule has 0 bridgehead atoms. The van der Waals surface area contributed by atoms with Gasteiger partial charge in [0.25, 0.3) is 11.8 Å². The van der Waals surface area contributed by atoms with Crippen molar-refractivity contribution >= 4 is 44.8 Å². The minimum Gasteiger partial charge on any atom is -0.339 e. The summed E-state index contributed by atoms with van der Waals surface area (Å²) >= 11 is 5.94. The highest BCUT2D eigenvalue weighted by Crippen LogP contribution is 2.24. The molecule has 2 amide bonds. The Labute approximate surface area is 216 Å². The fourth-order valence-electron chi connectivity index (χ4n) is 4.18. The molecule has 36 heavy (non-hydrogen) atoms. The van der Waals surface area contributed by atoms with Gasteiger partial charge in [0.1, 0.15) is 0 Å². The quantitative estimate of drug-likeness (QED) is 0.460. The van der Waals surface area contributed by atoms with Crippen molar-refractivity contribution in [1.29, 1.82) is 0 Å². The van der Waals surface area contributed by atoms with Crippen LogP contribution in [0.4, 0.5) is 11.4 Å². The lowest BCUT2D eigenvalue weighted by molar-refractivity contribution is 0.0725. The van der Waals surface area contributed by atoms with Gasteiger partial charge in [0.05, 0.1) is 29.7 Å². The van der Waals surface area contributed by atoms with Gasteiger partial charge in [-0.25, -0.2) is 8.42 Å². The molecule has 1 heterocycles. The summed E-state index contributed by atoms with van der Waals surface area (Å²) in [6.45, 7) is 1.57. The number of carbonyl (C=O) groups excluding carboxylic acids is 2. The molecule has 1 N–H and O–H groups in total. The third-order valence-electron chi connectivity index (χ3n) is 6.11. The van der Waals surface area contributed by atoms with E-state index in [0.717, 1.165) is 44.2 Å². The molecule has 7 nitrogen and oxygen atoms in total. The van der Waals surface area contributed by atoms with Crippen molar-refractivity contribution < 1.29 is 18.0 Å². The Morgan fingerprint density at radius 2 is 1.56 bits per heavy atom. The van der Waals surface area contributed by atoms with E-state index in [9.17, 15) is 18.0 Å². The molecule has 0 aromatic heterocycles. The monoisotopic (exact) mass is 525 g/mol. The number of halogens is 1. The first-order valence-electron chi connectivity index (χ1n) is 11.7. The highest BCUT2D eigenvalue weighted by Gasteiger charge is 2.22. The molecule has 1 aliphatic heterocycles. The minimum absolute atomic E-state index is 0.0908. The van der Waals surface area contributed by atoms with Crippen LogP contribution >= 0.6 is 11.6 Å². The molecule has 1 fully saturated rings. The van der Waals surface area contributed by atoms with E-state index in [-0.39, 0.29) is 18.4 Å². The Kier molecular flexibility index (Phi) is 7.96. The van der Waals surface area contributed by atoms with Gasteiger partial charge in [0, 0.05) is 23.7 Å². The topological polar surface area (TPSA) is 86.8 Å². The van der Waals surface area contributed by atoms with E-state index < -0.39 is 10.0 Å². The van der Waals surface area contributed by atoms with Crippen LogP contribution in [-0.4, -0.2) is 44.5 Å². The largest absolute Gasteiger partial charge is 0.339 e. The van der Waals surface area contributed by atoms with Gasteiger partial charge in [0.15, 0.2) is 0 Å². The van der Waals surface area contributed by atoms with Crippen LogP contribution in [0.5, 0.6) is 0 Å². The zero-order chi connectivity index (χ0) is 25.7. The smallest absolute Gasteiger partial charge is 0.255 e. The molecule has 0 atom stereocenters. The summed E-state index contributed by atoms with van der Waals surface area (Å²) in [6.07, 6.45) is 4.22. The van der Waals surface area contributed by atoms with Crippen LogP contribution in [0.25, 0.3) is 0 Å². The molecule has 0 spiro atoms. The maximum Gasteiger partial charge on any atom is 0.255 e. The van der Waals surface area contributed by atoms with Crippen molar-refractivity contribution in [2.75, 3.05) is 29.0 Å². The molecule has 4 rings (SSSR count). The second-order valence-corrected chi connectivity index (χ2v) is 11.1. The van der Waals surface area contributed by atoms with Crippen LogP contribution in [0.3, 0.4) is 0 Å². The number of hydrogen-bond acceptors (Lipinski definition) is 4. The molecule has 188 valence electrons. The number of amides is 2. The second-order valence-electron chi connectivity index (χ2n) is 8.80. The van der Waals surface area contributed by atoms with Gasteiger partial charge >= 0.3 is 0 Å². The average Bonchev–Trinajstić information content (AvgIpc) is 2.88. The maximum atomic E-state index is 13.0. The van der Waals surface area contributed by atoms with Crippen molar-refractivity contribution in [3.05, 3.63) is 94.5 Å². The van der Waals surface area contributed by atoms with Crippen LogP contribution in [-0.2, 0) is 16.6 Å². The van der Waals surface area contributed by atoms with Crippen molar-refractivity contribution in [2.45, 2.75) is 25.8 Å². The van der Waals surface area contributed by atoms with Gasteiger partial charge in [-0.15, -0.1) is 0 Å². The van der Waals surface area contributed by atoms with Crippen molar-refractivity contribution in [1.82, 2.24) is 4.90 Å². The first kappa shape index (κ1) is 25.7. The van der Waals surface area contributed by atoms with Gasteiger partial charge in [-0.2, -0.15) is 0 Å². The zero-order valence-electron chi connectivity index (χ0n) is 20.0. The molecule has 0 unspecified atom stereocenters. The predicted octanol–water partition coefficient (Wildman–Crippen LogP) is 5.18. The number of piperidine rings is 1. The Morgan fingerprint density at radius 3 is 2.19 bits per heavy atom. The predicted molar refractivity (Wildman–Crippen MR) is 143 cm³/mol. The molecular weight excluding hydrogens is 498 g/mol. The molecular formula is C27H28ClN3O4S. The second kappa shape index (κ2) is 11.1. The first-order chi connectivity index (χ1) is 17.2. The summed E-state index contributed by atoms with van der Waals surface area (Å²) < 4.78 is 26.2. The molecule has 9 heteroatoms. The Hall–Kier alpha value is -3.36. The lowest BCUT2D eigenvalue weighted by atomic mass is 10.1. The summed E-state index contributed by atoms with van der Waals surface area (Å²) in [4.78, 5) is 27.8. The number of benzene rings is 3. The number of rotatable bonds is 7. The van der Waals surface area contributed by atoms with Crippen LogP contribution in [0.15, 0.2) is 72.8 Å². The standard InChI is InChI=1S/C27H28ClN3O4S/c1-36(34,35)31(19-20-9-13-22(28)14-10-20)23-15-11-21(12-16-23)26(32)29-25-8-4-3-7-24(25)27(33)30-17-5-2-6-18-30/h3-4,7-16H,2,5-6,17-19H2,1H3,(H,29,32). The first-order valence-corrected chi connectivity index (χ1v) is 14.0. The van der Waals surface area contributed by atoms with E-state index in [1.54, 1.807) is 72.8 Å². The molecule has 0 saturated carbocycles. The summed E-state index contributed by atoms with van der Waals surface area (Å²) in [5.41, 5.74) is 2.46. The average molecular weight is 526 g/mol. The lowest BCUT2D eigenvalue weighted by Gasteiger charge is -2.27. The number of anilines is 2. The van der Waals surface area contributed by atoms with Gasteiger partial charge in [-0.3, -0.25) is 13.9 Å². The molecule has 0 radical (unpaired) electrons. The van der Waals surface area contributed by atoms with Gasteiger partial charge < -0.3 is 10.2 Å². The van der Waals surface area contributed by atoms with Crippen molar-refractivity contribution in [3.63, 3.8) is 0 Å². The number of para-hydroxylation sites is 1. The lowest BCUT2D eigenvalue weighted by Crippen LogP contribution is -2.36. The fourth-order valence-corrected chi connectivity index (χ4v) is 5.19. The van der Waals surface area contributed by atoms with Crippen LogP contribution in [0.1, 0.15) is 45.5 Å². The number of hydrogen-bond donors (Lipinski definition) is 1. The maximum absolute atomic E-state index is 13.0. The van der Waals surface area contributed by atoms with Crippen molar-refractivity contribution in [3.8, 4) is 0 Å². The highest BCUT2D eigenvalue weighted by atomic mass is 35.5. The number of sulfonamides is 1. The molecule has 1 aliphatic rings. The Balaban J connectivity index is 1.51. The summed E-state index contributed by atoms with van der Waals surface area (Å²) in [7, 11) is -3.58. The van der Waals surface area contributed by atoms with E-state index >= 15 is 0 Å². The number of nitrogens with zero attached hydrogens (tertiary/aromatic N) is 2. The summed E-state index contributed by atoms with van der Waals surface area (Å²) in [6, 6.07) is 20.3. The SMILES string of the molecule is CS(=O)(=O)N(Cc1ccc(Cl)cc1)c1ccc(C(=O)Nc2ccccc2C(=O)N2CCCCC2)cc1. The van der Waals surface area contributed by atoms with Crippen LogP contribution in [0.2, 0.25) is 5.02 Å².